The van der Waals surface area contributed by atoms with Crippen LogP contribution in [0.25, 0.3) is 0 Å². The molecule has 0 bridgehead atoms. The lowest BCUT2D eigenvalue weighted by Crippen LogP contribution is -2.44. The van der Waals surface area contributed by atoms with Gasteiger partial charge in [0.2, 0.25) is 0 Å². The molecule has 2 rings (SSSR count). The number of benzene rings is 1. The predicted molar refractivity (Wildman–Crippen MR) is 84.5 cm³/mol. The Labute approximate surface area is 135 Å². The number of nitriles is 1. The molecule has 0 spiro atoms. The zero-order valence-corrected chi connectivity index (χ0v) is 13.2. The van der Waals surface area contributed by atoms with Gasteiger partial charge in [0, 0.05) is 19.6 Å². The highest BCUT2D eigenvalue weighted by Crippen LogP contribution is 2.24. The zero-order valence-electron chi connectivity index (χ0n) is 13.2. The lowest BCUT2D eigenvalue weighted by atomic mass is 9.86. The highest BCUT2D eigenvalue weighted by molar-refractivity contribution is 5.74. The Morgan fingerprint density at radius 1 is 1.26 bits per heavy atom. The summed E-state index contributed by atoms with van der Waals surface area (Å²) >= 11 is 0. The minimum absolute atomic E-state index is 0.0431. The van der Waals surface area contributed by atoms with Crippen LogP contribution >= 0.6 is 0 Å². The Morgan fingerprint density at radius 2 is 1.87 bits per heavy atom. The van der Waals surface area contributed by atoms with Gasteiger partial charge < -0.3 is 15.3 Å². The highest BCUT2D eigenvalue weighted by Gasteiger charge is 2.27. The van der Waals surface area contributed by atoms with Crippen molar-refractivity contribution in [2.75, 3.05) is 7.05 Å². The molecule has 0 radical (unpaired) electrons. The van der Waals surface area contributed by atoms with E-state index in [0.717, 1.165) is 5.56 Å². The monoisotopic (exact) mass is 315 g/mol. The zero-order chi connectivity index (χ0) is 16.8. The Morgan fingerprint density at radius 3 is 2.39 bits per heavy atom. The van der Waals surface area contributed by atoms with Crippen molar-refractivity contribution in [1.29, 1.82) is 5.26 Å². The molecule has 1 saturated carbocycles. The summed E-state index contributed by atoms with van der Waals surface area (Å²) in [4.78, 5) is 24.7. The minimum Gasteiger partial charge on any atom is -0.481 e. The summed E-state index contributed by atoms with van der Waals surface area (Å²) in [5.41, 5.74) is 1.55. The lowest BCUT2D eigenvalue weighted by Gasteiger charge is -2.28. The summed E-state index contributed by atoms with van der Waals surface area (Å²) in [6.45, 7) is 0.460. The number of nitrogens with zero attached hydrogens (tertiary/aromatic N) is 2. The molecule has 0 unspecified atom stereocenters. The van der Waals surface area contributed by atoms with Gasteiger partial charge >= 0.3 is 12.0 Å². The molecule has 6 nitrogen and oxygen atoms in total. The molecule has 0 aliphatic heterocycles. The Bertz CT molecular complexity index is 599. The van der Waals surface area contributed by atoms with E-state index in [4.69, 9.17) is 10.4 Å². The number of carbonyl (C=O) groups excluding carboxylic acids is 1. The summed E-state index contributed by atoms with van der Waals surface area (Å²) in [5, 5.41) is 20.7. The first kappa shape index (κ1) is 16.8. The standard InChI is InChI=1S/C17H21N3O3/c1-20(11-13-4-2-12(10-18)3-5-13)17(23)19-15-8-6-14(7-9-15)16(21)22/h2-5,14-15H,6-9,11H2,1H3,(H,19,23)(H,21,22). The van der Waals surface area contributed by atoms with Crippen LogP contribution in [0.5, 0.6) is 0 Å². The second kappa shape index (κ2) is 7.63. The molecule has 2 N–H and O–H groups in total. The smallest absolute Gasteiger partial charge is 0.317 e. The normalized spacial score (nSPS) is 20.3. The van der Waals surface area contributed by atoms with Crippen molar-refractivity contribution in [2.24, 2.45) is 5.92 Å². The number of nitrogens with one attached hydrogen (secondary N) is 1. The van der Waals surface area contributed by atoms with E-state index in [-0.39, 0.29) is 18.0 Å². The van der Waals surface area contributed by atoms with E-state index in [1.165, 1.54) is 0 Å². The van der Waals surface area contributed by atoms with Crippen molar-refractivity contribution >= 4 is 12.0 Å². The number of urea groups is 1. The van der Waals surface area contributed by atoms with Gasteiger partial charge in [-0.1, -0.05) is 12.1 Å². The van der Waals surface area contributed by atoms with Crippen LogP contribution in [0.15, 0.2) is 24.3 Å². The molecular weight excluding hydrogens is 294 g/mol. The first-order chi connectivity index (χ1) is 11.0. The molecule has 1 aromatic rings. The van der Waals surface area contributed by atoms with Gasteiger partial charge in [-0.05, 0) is 43.4 Å². The summed E-state index contributed by atoms with van der Waals surface area (Å²) in [6, 6.07) is 9.07. The highest BCUT2D eigenvalue weighted by atomic mass is 16.4. The first-order valence-corrected chi connectivity index (χ1v) is 7.73. The lowest BCUT2D eigenvalue weighted by molar-refractivity contribution is -0.142. The summed E-state index contributed by atoms with van der Waals surface area (Å²) in [7, 11) is 1.72. The number of amides is 2. The maximum Gasteiger partial charge on any atom is 0.317 e. The number of carboxylic acid groups (broad SMARTS) is 1. The van der Waals surface area contributed by atoms with Crippen molar-refractivity contribution in [3.8, 4) is 6.07 Å². The largest absolute Gasteiger partial charge is 0.481 e. The van der Waals surface area contributed by atoms with Gasteiger partial charge in [0.1, 0.15) is 0 Å². The van der Waals surface area contributed by atoms with Gasteiger partial charge in [-0.3, -0.25) is 4.79 Å². The van der Waals surface area contributed by atoms with Crippen LogP contribution in [0.1, 0.15) is 36.8 Å². The fourth-order valence-electron chi connectivity index (χ4n) is 2.80. The Hall–Kier alpha value is -2.55. The van der Waals surface area contributed by atoms with Crippen molar-refractivity contribution in [3.63, 3.8) is 0 Å². The van der Waals surface area contributed by atoms with Crippen molar-refractivity contribution in [3.05, 3.63) is 35.4 Å². The molecule has 23 heavy (non-hydrogen) atoms. The first-order valence-electron chi connectivity index (χ1n) is 7.73. The maximum atomic E-state index is 12.2. The summed E-state index contributed by atoms with van der Waals surface area (Å²) in [5.74, 6) is -1.02. The summed E-state index contributed by atoms with van der Waals surface area (Å²) in [6.07, 6.45) is 2.63. The number of rotatable bonds is 4. The van der Waals surface area contributed by atoms with Gasteiger partial charge in [0.05, 0.1) is 17.6 Å². The van der Waals surface area contributed by atoms with Crippen LogP contribution in [0, 0.1) is 17.2 Å². The Kier molecular flexibility index (Phi) is 5.58. The number of aliphatic carboxylic acids is 1. The van der Waals surface area contributed by atoms with Gasteiger partial charge in [-0.15, -0.1) is 0 Å². The molecule has 2 amide bonds. The quantitative estimate of drug-likeness (QED) is 0.892. The fourth-order valence-corrected chi connectivity index (χ4v) is 2.80. The van der Waals surface area contributed by atoms with E-state index in [1.807, 2.05) is 12.1 Å². The van der Waals surface area contributed by atoms with Crippen molar-refractivity contribution in [1.82, 2.24) is 10.2 Å². The summed E-state index contributed by atoms with van der Waals surface area (Å²) < 4.78 is 0. The molecule has 1 fully saturated rings. The van der Waals surface area contributed by atoms with E-state index >= 15 is 0 Å². The van der Waals surface area contributed by atoms with E-state index in [1.54, 1.807) is 24.1 Å². The molecule has 0 aromatic heterocycles. The molecule has 1 aliphatic rings. The van der Waals surface area contributed by atoms with Gasteiger partial charge in [0.15, 0.2) is 0 Å². The molecule has 122 valence electrons. The average molecular weight is 315 g/mol. The van der Waals surface area contributed by atoms with E-state index in [0.29, 0.717) is 37.8 Å². The molecule has 1 aliphatic carbocycles. The Balaban J connectivity index is 1.81. The average Bonchev–Trinajstić information content (AvgIpc) is 2.56. The molecule has 6 heteroatoms. The number of carboxylic acids is 1. The van der Waals surface area contributed by atoms with E-state index < -0.39 is 5.97 Å². The van der Waals surface area contributed by atoms with Crippen LogP contribution in [-0.2, 0) is 11.3 Å². The minimum atomic E-state index is -0.743. The number of hydrogen-bond acceptors (Lipinski definition) is 3. The molecule has 1 aromatic carbocycles. The number of carbonyl (C=O) groups is 2. The second-order valence-corrected chi connectivity index (χ2v) is 6.00. The van der Waals surface area contributed by atoms with Crippen LogP contribution in [-0.4, -0.2) is 35.1 Å². The van der Waals surface area contributed by atoms with Gasteiger partial charge in [0.25, 0.3) is 0 Å². The van der Waals surface area contributed by atoms with Crippen molar-refractivity contribution < 1.29 is 14.7 Å². The van der Waals surface area contributed by atoms with Gasteiger partial charge in [-0.2, -0.15) is 5.26 Å². The van der Waals surface area contributed by atoms with Crippen LogP contribution < -0.4 is 5.32 Å². The van der Waals surface area contributed by atoms with E-state index in [9.17, 15) is 9.59 Å². The van der Waals surface area contributed by atoms with Crippen LogP contribution in [0.3, 0.4) is 0 Å². The predicted octanol–water partition coefficient (Wildman–Crippen LogP) is 2.34. The molecule has 0 heterocycles. The molecule has 0 saturated heterocycles. The van der Waals surface area contributed by atoms with Crippen LogP contribution in [0.4, 0.5) is 4.79 Å². The fraction of sp³-hybridized carbons (Fsp3) is 0.471. The number of hydrogen-bond donors (Lipinski definition) is 2. The molecule has 0 atom stereocenters. The third-order valence-electron chi connectivity index (χ3n) is 4.25. The third kappa shape index (κ3) is 4.71. The maximum absolute atomic E-state index is 12.2. The van der Waals surface area contributed by atoms with E-state index in [2.05, 4.69) is 11.4 Å². The van der Waals surface area contributed by atoms with Crippen molar-refractivity contribution in [2.45, 2.75) is 38.3 Å². The SMILES string of the molecule is CN(Cc1ccc(C#N)cc1)C(=O)NC1CCC(C(=O)O)CC1. The third-order valence-corrected chi connectivity index (χ3v) is 4.25. The molecular formula is C17H21N3O3. The topological polar surface area (TPSA) is 93.4 Å². The van der Waals surface area contributed by atoms with Crippen LogP contribution in [0.2, 0.25) is 0 Å². The van der Waals surface area contributed by atoms with Gasteiger partial charge in [-0.25, -0.2) is 4.79 Å². The second-order valence-electron chi connectivity index (χ2n) is 6.00.